The van der Waals surface area contributed by atoms with Crippen LogP contribution in [0.15, 0.2) is 30.5 Å². The second kappa shape index (κ2) is 6.04. The molecular weight excluding hydrogens is 290 g/mol. The molecule has 0 aliphatic heterocycles. The number of aromatic nitrogens is 2. The van der Waals surface area contributed by atoms with Crippen molar-refractivity contribution in [3.05, 3.63) is 46.1 Å². The fourth-order valence-electron chi connectivity index (χ4n) is 1.64. The van der Waals surface area contributed by atoms with Crippen molar-refractivity contribution in [3.63, 3.8) is 0 Å². The molecule has 1 amide bonds. The summed E-state index contributed by atoms with van der Waals surface area (Å²) in [5.41, 5.74) is 5.38. The van der Waals surface area contributed by atoms with Crippen LogP contribution in [0.2, 0.25) is 0 Å². The fraction of sp³-hybridized carbons (Fsp3) is 0.154. The lowest BCUT2D eigenvalue weighted by Gasteiger charge is -2.11. The predicted molar refractivity (Wildman–Crippen MR) is 77.6 cm³/mol. The zero-order valence-corrected chi connectivity index (χ0v) is 11.9. The lowest BCUT2D eigenvalue weighted by molar-refractivity contribution is -0.386. The van der Waals surface area contributed by atoms with Gasteiger partial charge in [0, 0.05) is 19.7 Å². The molecule has 0 aliphatic rings. The summed E-state index contributed by atoms with van der Waals surface area (Å²) in [4.78, 5) is 30.8. The number of anilines is 1. The molecule has 2 aromatic rings. The van der Waals surface area contributed by atoms with Gasteiger partial charge in [-0.2, -0.15) is 4.98 Å². The van der Waals surface area contributed by atoms with Crippen molar-refractivity contribution >= 4 is 17.5 Å². The minimum Gasteiger partial charge on any atom is -0.434 e. The Labute approximate surface area is 125 Å². The standard InChI is InChI=1S/C13H13N5O4/c1-17(2)12(19)8-4-3-5-9(6-8)22-11-10(18(20)21)7-15-13(14)16-11/h3-7H,1-2H3,(H2,14,15,16). The van der Waals surface area contributed by atoms with Gasteiger partial charge in [0.05, 0.1) is 4.92 Å². The number of hydrogen-bond acceptors (Lipinski definition) is 7. The minimum atomic E-state index is -0.677. The van der Waals surface area contributed by atoms with Gasteiger partial charge >= 0.3 is 11.6 Å². The highest BCUT2D eigenvalue weighted by Crippen LogP contribution is 2.29. The summed E-state index contributed by atoms with van der Waals surface area (Å²) < 4.78 is 5.38. The Kier molecular flexibility index (Phi) is 4.16. The van der Waals surface area contributed by atoms with Crippen LogP contribution >= 0.6 is 0 Å². The van der Waals surface area contributed by atoms with Gasteiger partial charge < -0.3 is 15.4 Å². The van der Waals surface area contributed by atoms with E-state index in [1.165, 1.54) is 11.0 Å². The van der Waals surface area contributed by atoms with E-state index in [2.05, 4.69) is 9.97 Å². The molecule has 114 valence electrons. The van der Waals surface area contributed by atoms with Crippen LogP contribution in [-0.4, -0.2) is 39.8 Å². The highest BCUT2D eigenvalue weighted by atomic mass is 16.6. The van der Waals surface area contributed by atoms with Crippen molar-refractivity contribution in [3.8, 4) is 11.6 Å². The fourth-order valence-corrected chi connectivity index (χ4v) is 1.64. The van der Waals surface area contributed by atoms with Crippen molar-refractivity contribution < 1.29 is 14.5 Å². The molecule has 2 rings (SSSR count). The topological polar surface area (TPSA) is 124 Å². The Morgan fingerprint density at radius 1 is 1.41 bits per heavy atom. The Balaban J connectivity index is 2.36. The average molecular weight is 303 g/mol. The number of ether oxygens (including phenoxy) is 1. The number of carbonyl (C=O) groups is 1. The molecule has 0 radical (unpaired) electrons. The van der Waals surface area contributed by atoms with Crippen molar-refractivity contribution in [2.24, 2.45) is 0 Å². The molecule has 0 aliphatic carbocycles. The van der Waals surface area contributed by atoms with Gasteiger partial charge in [-0.15, -0.1) is 0 Å². The van der Waals surface area contributed by atoms with Crippen molar-refractivity contribution in [1.82, 2.24) is 14.9 Å². The molecule has 0 atom stereocenters. The molecule has 0 saturated heterocycles. The molecule has 2 N–H and O–H groups in total. The smallest absolute Gasteiger partial charge is 0.349 e. The summed E-state index contributed by atoms with van der Waals surface area (Å²) in [6.07, 6.45) is 0.965. The van der Waals surface area contributed by atoms with Crippen molar-refractivity contribution in [2.45, 2.75) is 0 Å². The molecule has 22 heavy (non-hydrogen) atoms. The van der Waals surface area contributed by atoms with Gasteiger partial charge in [-0.3, -0.25) is 14.9 Å². The first-order valence-electron chi connectivity index (χ1n) is 6.15. The van der Waals surface area contributed by atoms with Gasteiger partial charge in [-0.1, -0.05) is 6.07 Å². The lowest BCUT2D eigenvalue weighted by atomic mass is 10.2. The van der Waals surface area contributed by atoms with Crippen molar-refractivity contribution in [1.29, 1.82) is 0 Å². The zero-order chi connectivity index (χ0) is 16.3. The first-order chi connectivity index (χ1) is 10.4. The number of carbonyl (C=O) groups excluding carboxylic acids is 1. The molecule has 0 unspecified atom stereocenters. The summed E-state index contributed by atoms with van der Waals surface area (Å²) in [6.45, 7) is 0. The van der Waals surface area contributed by atoms with E-state index < -0.39 is 10.6 Å². The van der Waals surface area contributed by atoms with E-state index in [-0.39, 0.29) is 23.5 Å². The predicted octanol–water partition coefficient (Wildman–Crippen LogP) is 1.46. The van der Waals surface area contributed by atoms with Crippen LogP contribution in [0.3, 0.4) is 0 Å². The molecule has 1 heterocycles. The van der Waals surface area contributed by atoms with E-state index in [1.54, 1.807) is 32.3 Å². The summed E-state index contributed by atoms with van der Waals surface area (Å²) in [6, 6.07) is 6.22. The molecule has 0 spiro atoms. The van der Waals surface area contributed by atoms with Crippen molar-refractivity contribution in [2.75, 3.05) is 19.8 Å². The van der Waals surface area contributed by atoms with Crippen LogP contribution in [-0.2, 0) is 0 Å². The minimum absolute atomic E-state index is 0.152. The van der Waals surface area contributed by atoms with Gasteiger partial charge in [-0.05, 0) is 18.2 Å². The Hall–Kier alpha value is -3.23. The maximum absolute atomic E-state index is 11.9. The monoisotopic (exact) mass is 303 g/mol. The van der Waals surface area contributed by atoms with Gasteiger partial charge in [0.15, 0.2) is 0 Å². The first-order valence-corrected chi connectivity index (χ1v) is 6.15. The Morgan fingerprint density at radius 3 is 2.77 bits per heavy atom. The molecule has 0 fully saturated rings. The summed E-state index contributed by atoms with van der Waals surface area (Å²) in [7, 11) is 3.23. The number of nitro groups is 1. The molecule has 0 saturated carbocycles. The average Bonchev–Trinajstić information content (AvgIpc) is 2.46. The zero-order valence-electron chi connectivity index (χ0n) is 11.9. The SMILES string of the molecule is CN(C)C(=O)c1cccc(Oc2nc(N)ncc2[N+](=O)[O-])c1. The van der Waals surface area contributed by atoms with E-state index in [4.69, 9.17) is 10.5 Å². The van der Waals surface area contributed by atoms with Crippen LogP contribution < -0.4 is 10.5 Å². The van der Waals surface area contributed by atoms with E-state index >= 15 is 0 Å². The maximum atomic E-state index is 11.9. The highest BCUT2D eigenvalue weighted by Gasteiger charge is 2.19. The normalized spacial score (nSPS) is 10.1. The lowest BCUT2D eigenvalue weighted by Crippen LogP contribution is -2.21. The maximum Gasteiger partial charge on any atom is 0.349 e. The first kappa shape index (κ1) is 15.2. The quantitative estimate of drug-likeness (QED) is 0.669. The number of hydrogen-bond donors (Lipinski definition) is 1. The van der Waals surface area contributed by atoms with Gasteiger partial charge in [0.2, 0.25) is 5.95 Å². The van der Waals surface area contributed by atoms with Crippen LogP contribution in [0.5, 0.6) is 11.6 Å². The summed E-state index contributed by atoms with van der Waals surface area (Å²) in [5.74, 6) is -0.427. The summed E-state index contributed by atoms with van der Waals surface area (Å²) >= 11 is 0. The van der Waals surface area contributed by atoms with Crippen LogP contribution in [0.25, 0.3) is 0 Å². The third-order valence-corrected chi connectivity index (χ3v) is 2.65. The number of amides is 1. The molecule has 1 aromatic heterocycles. The third kappa shape index (κ3) is 3.26. The van der Waals surface area contributed by atoms with Gasteiger partial charge in [-0.25, -0.2) is 4.98 Å². The molecule has 1 aromatic carbocycles. The van der Waals surface area contributed by atoms with E-state index in [0.29, 0.717) is 5.56 Å². The van der Waals surface area contributed by atoms with Crippen LogP contribution in [0.4, 0.5) is 11.6 Å². The molecular formula is C13H13N5O4. The summed E-state index contributed by atoms with van der Waals surface area (Å²) in [5, 5.41) is 10.9. The number of benzene rings is 1. The van der Waals surface area contributed by atoms with E-state index in [9.17, 15) is 14.9 Å². The number of nitrogens with zero attached hydrogens (tertiary/aromatic N) is 4. The Morgan fingerprint density at radius 2 is 2.14 bits per heavy atom. The Bertz CT molecular complexity index is 732. The van der Waals surface area contributed by atoms with Gasteiger partial charge in [0.25, 0.3) is 5.91 Å². The van der Waals surface area contributed by atoms with Crippen LogP contribution in [0.1, 0.15) is 10.4 Å². The van der Waals surface area contributed by atoms with Gasteiger partial charge in [0.1, 0.15) is 11.9 Å². The molecule has 0 bridgehead atoms. The largest absolute Gasteiger partial charge is 0.434 e. The second-order valence-electron chi connectivity index (χ2n) is 4.51. The van der Waals surface area contributed by atoms with E-state index in [0.717, 1.165) is 6.20 Å². The van der Waals surface area contributed by atoms with Crippen LogP contribution in [0, 0.1) is 10.1 Å². The van der Waals surface area contributed by atoms with E-state index in [1.807, 2.05) is 0 Å². The number of nitrogens with two attached hydrogens (primary N) is 1. The molecule has 9 nitrogen and oxygen atoms in total. The third-order valence-electron chi connectivity index (χ3n) is 2.65. The second-order valence-corrected chi connectivity index (χ2v) is 4.51. The highest BCUT2D eigenvalue weighted by molar-refractivity contribution is 5.94. The number of rotatable bonds is 4. The molecule has 9 heteroatoms. The number of nitrogen functional groups attached to an aromatic ring is 1.